The molecule has 7 heteroatoms. The van der Waals surface area contributed by atoms with Crippen molar-refractivity contribution in [1.82, 2.24) is 9.88 Å². The summed E-state index contributed by atoms with van der Waals surface area (Å²) in [6.45, 7) is 9.59. The molecule has 184 valence electrons. The van der Waals surface area contributed by atoms with Gasteiger partial charge in [-0.2, -0.15) is 0 Å². The summed E-state index contributed by atoms with van der Waals surface area (Å²) in [5.41, 5.74) is 6.71. The topological polar surface area (TPSA) is 95.6 Å². The minimum atomic E-state index is -0.464. The van der Waals surface area contributed by atoms with Gasteiger partial charge in [-0.25, -0.2) is 0 Å². The number of nitrogens with one attached hydrogen (secondary N) is 1. The van der Waals surface area contributed by atoms with Crippen molar-refractivity contribution in [2.45, 2.75) is 59.7 Å². The Bertz CT molecular complexity index is 1100. The van der Waals surface area contributed by atoms with E-state index in [1.165, 1.54) is 0 Å². The van der Waals surface area contributed by atoms with Crippen molar-refractivity contribution in [2.75, 3.05) is 13.2 Å². The highest BCUT2D eigenvalue weighted by Crippen LogP contribution is 2.25. The van der Waals surface area contributed by atoms with Crippen LogP contribution in [0.25, 0.3) is 10.9 Å². The Morgan fingerprint density at radius 1 is 1.06 bits per heavy atom. The number of ether oxygens (including phenoxy) is 2. The molecule has 0 saturated heterocycles. The van der Waals surface area contributed by atoms with Crippen molar-refractivity contribution in [3.05, 3.63) is 70.5 Å². The lowest BCUT2D eigenvalue weighted by atomic mass is 10.1. The van der Waals surface area contributed by atoms with Gasteiger partial charge in [0.2, 0.25) is 5.91 Å². The first-order valence-corrected chi connectivity index (χ1v) is 12.0. The van der Waals surface area contributed by atoms with E-state index in [1.807, 2.05) is 82.3 Å². The maximum Gasteiger partial charge on any atom is 0.255 e. The highest BCUT2D eigenvalue weighted by Gasteiger charge is 2.16. The third-order valence-electron chi connectivity index (χ3n) is 5.24. The van der Waals surface area contributed by atoms with Gasteiger partial charge in [0.1, 0.15) is 11.5 Å². The number of carbonyl (C=O) groups excluding carboxylic acids is 1. The second-order valence-electron chi connectivity index (χ2n) is 7.58. The van der Waals surface area contributed by atoms with E-state index < -0.39 is 11.9 Å². The van der Waals surface area contributed by atoms with Gasteiger partial charge in [-0.3, -0.25) is 9.59 Å². The van der Waals surface area contributed by atoms with Crippen molar-refractivity contribution in [2.24, 2.45) is 5.73 Å². The number of nitrogens with zero attached hydrogens (tertiary/aromatic N) is 1. The van der Waals surface area contributed by atoms with Crippen molar-refractivity contribution in [3.63, 3.8) is 0 Å². The number of pyridine rings is 1. The lowest BCUT2D eigenvalue weighted by molar-refractivity contribution is -0.120. The summed E-state index contributed by atoms with van der Waals surface area (Å²) in [6, 6.07) is 16.6. The van der Waals surface area contributed by atoms with Gasteiger partial charge in [-0.1, -0.05) is 45.4 Å². The molecule has 0 bridgehead atoms. The second kappa shape index (κ2) is 14.2. The molecule has 1 aromatic heterocycles. The number of amides is 1. The predicted molar refractivity (Wildman–Crippen MR) is 137 cm³/mol. The quantitative estimate of drug-likeness (QED) is 0.380. The van der Waals surface area contributed by atoms with Gasteiger partial charge < -0.3 is 25.1 Å². The zero-order chi connectivity index (χ0) is 24.9. The molecule has 3 aromatic rings. The van der Waals surface area contributed by atoms with Gasteiger partial charge in [0.05, 0.1) is 18.2 Å². The summed E-state index contributed by atoms with van der Waals surface area (Å²) in [5.74, 6) is 0.965. The van der Waals surface area contributed by atoms with Gasteiger partial charge in [-0.05, 0) is 49.1 Å². The van der Waals surface area contributed by atoms with Crippen LogP contribution in [0.4, 0.5) is 0 Å². The van der Waals surface area contributed by atoms with E-state index in [0.717, 1.165) is 23.1 Å². The zero-order valence-electron chi connectivity index (χ0n) is 20.7. The highest BCUT2D eigenvalue weighted by atomic mass is 16.5. The van der Waals surface area contributed by atoms with E-state index in [4.69, 9.17) is 15.2 Å². The highest BCUT2D eigenvalue weighted by molar-refractivity contribution is 5.81. The van der Waals surface area contributed by atoms with Crippen LogP contribution < -0.4 is 21.3 Å². The number of hydrogen-bond donors (Lipinski definition) is 2. The van der Waals surface area contributed by atoms with Crippen LogP contribution in [-0.4, -0.2) is 29.7 Å². The minimum absolute atomic E-state index is 0.124. The van der Waals surface area contributed by atoms with Crippen LogP contribution in [0, 0.1) is 0 Å². The Balaban J connectivity index is 0.00000199. The first kappa shape index (κ1) is 27.1. The summed E-state index contributed by atoms with van der Waals surface area (Å²) >= 11 is 0. The van der Waals surface area contributed by atoms with Crippen LogP contribution in [0.5, 0.6) is 11.5 Å². The second-order valence-corrected chi connectivity index (χ2v) is 7.58. The lowest BCUT2D eigenvalue weighted by Crippen LogP contribution is -2.42. The number of aromatic nitrogens is 1. The van der Waals surface area contributed by atoms with Crippen LogP contribution in [0.1, 0.15) is 46.1 Å². The van der Waals surface area contributed by atoms with E-state index in [0.29, 0.717) is 37.5 Å². The summed E-state index contributed by atoms with van der Waals surface area (Å²) < 4.78 is 13.2. The molecule has 1 amide bonds. The Labute approximate surface area is 201 Å². The van der Waals surface area contributed by atoms with Crippen molar-refractivity contribution in [3.8, 4) is 11.5 Å². The lowest BCUT2D eigenvalue weighted by Gasteiger charge is -2.17. The van der Waals surface area contributed by atoms with Gasteiger partial charge >= 0.3 is 0 Å². The fraction of sp³-hybridized carbons (Fsp3) is 0.407. The number of hydrogen-bond acceptors (Lipinski definition) is 5. The molecule has 2 aromatic carbocycles. The molecule has 0 unspecified atom stereocenters. The van der Waals surface area contributed by atoms with Crippen molar-refractivity contribution < 1.29 is 14.3 Å². The molecule has 0 spiro atoms. The molecule has 0 radical (unpaired) electrons. The Hall–Kier alpha value is -3.16. The SMILES string of the molecule is CC.CCC[C@H](NCc1cc2ccc(Oc3ccccc3)cc2n(CCOCC)c1=O)C(N)=O. The molecule has 34 heavy (non-hydrogen) atoms. The Morgan fingerprint density at radius 3 is 2.44 bits per heavy atom. The number of nitrogens with two attached hydrogens (primary N) is 1. The first-order chi connectivity index (χ1) is 16.5. The molecule has 0 saturated carbocycles. The fourth-order valence-electron chi connectivity index (χ4n) is 3.62. The first-order valence-electron chi connectivity index (χ1n) is 12.0. The average molecular weight is 468 g/mol. The Morgan fingerprint density at radius 2 is 1.79 bits per heavy atom. The molecule has 1 atom stereocenters. The third-order valence-corrected chi connectivity index (χ3v) is 5.24. The van der Waals surface area contributed by atoms with Gasteiger partial charge in [0, 0.05) is 31.3 Å². The summed E-state index contributed by atoms with van der Waals surface area (Å²) in [5, 5.41) is 4.04. The molecular formula is C27H37N3O4. The Kier molecular flexibility index (Phi) is 11.3. The smallest absolute Gasteiger partial charge is 0.255 e. The predicted octanol–water partition coefficient (Wildman–Crippen LogP) is 4.60. The molecule has 3 rings (SSSR count). The van der Waals surface area contributed by atoms with Crippen molar-refractivity contribution in [1.29, 1.82) is 0 Å². The molecule has 0 aliphatic heterocycles. The molecule has 0 fully saturated rings. The monoisotopic (exact) mass is 467 g/mol. The largest absolute Gasteiger partial charge is 0.457 e. The van der Waals surface area contributed by atoms with Crippen LogP contribution in [-0.2, 0) is 22.6 Å². The van der Waals surface area contributed by atoms with E-state index in [1.54, 1.807) is 4.57 Å². The molecule has 0 aliphatic rings. The number of para-hydroxylation sites is 1. The molecule has 1 heterocycles. The third kappa shape index (κ3) is 7.43. The van der Waals surface area contributed by atoms with Gasteiger partial charge in [0.25, 0.3) is 5.56 Å². The summed E-state index contributed by atoms with van der Waals surface area (Å²) in [4.78, 5) is 25.0. The van der Waals surface area contributed by atoms with Crippen LogP contribution >= 0.6 is 0 Å². The molecule has 0 aliphatic carbocycles. The number of carbonyl (C=O) groups is 1. The molecular weight excluding hydrogens is 430 g/mol. The summed E-state index contributed by atoms with van der Waals surface area (Å²) in [7, 11) is 0. The fourth-order valence-corrected chi connectivity index (χ4v) is 3.62. The average Bonchev–Trinajstić information content (AvgIpc) is 2.85. The maximum absolute atomic E-state index is 13.3. The summed E-state index contributed by atoms with van der Waals surface area (Å²) in [6.07, 6.45) is 1.45. The van der Waals surface area contributed by atoms with E-state index in [-0.39, 0.29) is 12.1 Å². The van der Waals surface area contributed by atoms with Crippen LogP contribution in [0.15, 0.2) is 59.4 Å². The van der Waals surface area contributed by atoms with E-state index >= 15 is 0 Å². The van der Waals surface area contributed by atoms with E-state index in [2.05, 4.69) is 5.32 Å². The number of primary amides is 1. The van der Waals surface area contributed by atoms with Crippen LogP contribution in [0.2, 0.25) is 0 Å². The normalized spacial score (nSPS) is 11.5. The van der Waals surface area contributed by atoms with Gasteiger partial charge in [0.15, 0.2) is 0 Å². The van der Waals surface area contributed by atoms with Crippen molar-refractivity contribution >= 4 is 16.8 Å². The standard InChI is InChI=1S/C25H31N3O4.C2H6/c1-3-8-22(24(26)29)27-17-19-15-18-11-12-21(32-20-9-6-5-7-10-20)16-23(18)28(25(19)30)13-14-31-4-2;1-2/h5-7,9-12,15-16,22,27H,3-4,8,13-14,17H2,1-2H3,(H2,26,29);1-2H3/t22-;/m0./s1. The maximum atomic E-state index is 13.3. The number of rotatable bonds is 12. The zero-order valence-corrected chi connectivity index (χ0v) is 20.7. The minimum Gasteiger partial charge on any atom is -0.457 e. The van der Waals surface area contributed by atoms with Gasteiger partial charge in [-0.15, -0.1) is 0 Å². The van der Waals surface area contributed by atoms with Crippen LogP contribution in [0.3, 0.4) is 0 Å². The number of fused-ring (bicyclic) bond motifs is 1. The number of benzene rings is 2. The molecule has 3 N–H and O–H groups in total. The van der Waals surface area contributed by atoms with E-state index in [9.17, 15) is 9.59 Å². The molecule has 7 nitrogen and oxygen atoms in total.